The predicted octanol–water partition coefficient (Wildman–Crippen LogP) is 6.32. The van der Waals surface area contributed by atoms with Crippen LogP contribution in [0.4, 0.5) is 18.9 Å². The van der Waals surface area contributed by atoms with E-state index in [0.717, 1.165) is 41.8 Å². The summed E-state index contributed by atoms with van der Waals surface area (Å²) in [4.78, 5) is 16.2. The third-order valence-electron chi connectivity index (χ3n) is 6.90. The number of nitrogens with one attached hydrogen (secondary N) is 1. The molecule has 1 N–H and O–H groups in total. The van der Waals surface area contributed by atoms with E-state index in [1.807, 2.05) is 59.5 Å². The molecule has 6 heteroatoms. The number of aryl methyl sites for hydroxylation is 1. The fourth-order valence-corrected chi connectivity index (χ4v) is 5.20. The molecule has 0 radical (unpaired) electrons. The van der Waals surface area contributed by atoms with E-state index in [4.69, 9.17) is 0 Å². The summed E-state index contributed by atoms with van der Waals surface area (Å²) in [6, 6.07) is 22.8. The molecular formula is C27H25F3N2O. The average molecular weight is 451 g/mol. The first-order valence-electron chi connectivity index (χ1n) is 11.3. The zero-order chi connectivity index (χ0) is 23.1. The second-order valence-corrected chi connectivity index (χ2v) is 8.83. The van der Waals surface area contributed by atoms with E-state index in [9.17, 15) is 18.0 Å². The molecular weight excluding hydrogens is 425 g/mol. The van der Waals surface area contributed by atoms with E-state index in [0.29, 0.717) is 24.9 Å². The molecule has 3 nitrogen and oxygen atoms in total. The molecule has 3 aromatic carbocycles. The number of amides is 1. The number of likely N-dealkylation sites (tertiary alicyclic amines) is 1. The molecule has 2 aliphatic heterocycles. The predicted molar refractivity (Wildman–Crippen MR) is 122 cm³/mol. The van der Waals surface area contributed by atoms with Crippen molar-refractivity contribution in [3.63, 3.8) is 0 Å². The van der Waals surface area contributed by atoms with E-state index in [1.54, 1.807) is 0 Å². The normalized spacial score (nSPS) is 22.5. The van der Waals surface area contributed by atoms with Gasteiger partial charge in [0.25, 0.3) is 5.91 Å². The van der Waals surface area contributed by atoms with Gasteiger partial charge in [0.2, 0.25) is 0 Å². The van der Waals surface area contributed by atoms with Gasteiger partial charge in [-0.2, -0.15) is 13.2 Å². The van der Waals surface area contributed by atoms with Crippen molar-refractivity contribution in [2.75, 3.05) is 11.9 Å². The Morgan fingerprint density at radius 2 is 1.64 bits per heavy atom. The van der Waals surface area contributed by atoms with Crippen molar-refractivity contribution in [1.29, 1.82) is 0 Å². The van der Waals surface area contributed by atoms with Gasteiger partial charge in [-0.25, -0.2) is 0 Å². The second kappa shape index (κ2) is 8.25. The Labute approximate surface area is 191 Å². The number of para-hydroxylation sites is 1. The summed E-state index contributed by atoms with van der Waals surface area (Å²) in [6.45, 7) is 0.629. The van der Waals surface area contributed by atoms with Gasteiger partial charge < -0.3 is 10.2 Å². The van der Waals surface area contributed by atoms with Gasteiger partial charge in [-0.05, 0) is 60.6 Å². The number of carbonyl (C=O) groups excluding carboxylic acids is 1. The fraction of sp³-hybridized carbons (Fsp3) is 0.296. The summed E-state index contributed by atoms with van der Waals surface area (Å²) in [5.41, 5.74) is 1.78. The number of benzene rings is 3. The highest BCUT2D eigenvalue weighted by Gasteiger charge is 2.48. The van der Waals surface area contributed by atoms with Crippen LogP contribution in [-0.4, -0.2) is 17.4 Å². The lowest BCUT2D eigenvalue weighted by Gasteiger charge is -2.43. The third-order valence-corrected chi connectivity index (χ3v) is 6.90. The minimum atomic E-state index is -4.42. The van der Waals surface area contributed by atoms with Crippen LogP contribution in [0.5, 0.6) is 0 Å². The third kappa shape index (κ3) is 3.88. The smallest absolute Gasteiger partial charge is 0.367 e. The number of hydrogen-bond donors (Lipinski definition) is 1. The van der Waals surface area contributed by atoms with Crippen LogP contribution < -0.4 is 5.32 Å². The first kappa shape index (κ1) is 21.6. The van der Waals surface area contributed by atoms with E-state index in [2.05, 4.69) is 5.32 Å². The molecule has 1 amide bonds. The Morgan fingerprint density at radius 3 is 2.36 bits per heavy atom. The molecule has 2 atom stereocenters. The standard InChI is InChI=1S/C27H25F3N2O/c28-27(29,30)22-14-12-21(13-15-22)26(17-16-19-7-4-5-10-23(19)31-26)25(33)32-18-6-11-24(32)20-8-2-1-3-9-20/h1-5,7-10,12-15,24,31H,6,11,16-18H2. The molecule has 33 heavy (non-hydrogen) atoms. The Hall–Kier alpha value is -3.28. The maximum atomic E-state index is 14.2. The van der Waals surface area contributed by atoms with Crippen LogP contribution in [0, 0.1) is 0 Å². The Bertz CT molecular complexity index is 1140. The highest BCUT2D eigenvalue weighted by Crippen LogP contribution is 2.43. The van der Waals surface area contributed by atoms with Crippen molar-refractivity contribution >= 4 is 11.6 Å². The van der Waals surface area contributed by atoms with Gasteiger partial charge in [-0.15, -0.1) is 0 Å². The molecule has 2 heterocycles. The van der Waals surface area contributed by atoms with Gasteiger partial charge in [-0.3, -0.25) is 4.79 Å². The van der Waals surface area contributed by atoms with E-state index < -0.39 is 17.3 Å². The zero-order valence-corrected chi connectivity index (χ0v) is 18.1. The molecule has 0 spiro atoms. The number of halogens is 3. The molecule has 0 aliphatic carbocycles. The minimum absolute atomic E-state index is 0.0380. The summed E-state index contributed by atoms with van der Waals surface area (Å²) >= 11 is 0. The fourth-order valence-electron chi connectivity index (χ4n) is 5.20. The zero-order valence-electron chi connectivity index (χ0n) is 18.1. The van der Waals surface area contributed by atoms with Gasteiger partial charge in [-0.1, -0.05) is 60.7 Å². The van der Waals surface area contributed by atoms with Crippen molar-refractivity contribution in [1.82, 2.24) is 4.90 Å². The number of nitrogens with zero attached hydrogens (tertiary/aromatic N) is 1. The van der Waals surface area contributed by atoms with Crippen molar-refractivity contribution < 1.29 is 18.0 Å². The van der Waals surface area contributed by atoms with Crippen molar-refractivity contribution in [3.8, 4) is 0 Å². The number of hydrogen-bond acceptors (Lipinski definition) is 2. The van der Waals surface area contributed by atoms with Crippen molar-refractivity contribution in [3.05, 3.63) is 101 Å². The van der Waals surface area contributed by atoms with Gasteiger partial charge in [0.05, 0.1) is 11.6 Å². The molecule has 0 aromatic heterocycles. The summed E-state index contributed by atoms with van der Waals surface area (Å²) in [7, 11) is 0. The second-order valence-electron chi connectivity index (χ2n) is 8.83. The van der Waals surface area contributed by atoms with E-state index in [1.165, 1.54) is 12.1 Å². The number of carbonyl (C=O) groups is 1. The minimum Gasteiger partial charge on any atom is -0.367 e. The van der Waals surface area contributed by atoms with Crippen LogP contribution in [0.25, 0.3) is 0 Å². The molecule has 2 unspecified atom stereocenters. The maximum Gasteiger partial charge on any atom is 0.416 e. The highest BCUT2D eigenvalue weighted by atomic mass is 19.4. The Morgan fingerprint density at radius 1 is 0.939 bits per heavy atom. The molecule has 1 saturated heterocycles. The summed E-state index contributed by atoms with van der Waals surface area (Å²) in [5.74, 6) is -0.0804. The van der Waals surface area contributed by atoms with Crippen molar-refractivity contribution in [2.24, 2.45) is 0 Å². The number of fused-ring (bicyclic) bond motifs is 1. The molecule has 1 fully saturated rings. The molecule has 3 aromatic rings. The summed E-state index contributed by atoms with van der Waals surface area (Å²) in [5, 5.41) is 3.46. The van der Waals surface area contributed by atoms with Crippen LogP contribution in [0.3, 0.4) is 0 Å². The lowest BCUT2D eigenvalue weighted by atomic mass is 9.78. The molecule has 170 valence electrons. The largest absolute Gasteiger partial charge is 0.416 e. The first-order valence-corrected chi connectivity index (χ1v) is 11.3. The van der Waals surface area contributed by atoms with Crippen LogP contribution in [-0.2, 0) is 22.9 Å². The summed E-state index contributed by atoms with van der Waals surface area (Å²) in [6.07, 6.45) is -1.51. The molecule has 0 bridgehead atoms. The number of anilines is 1. The molecule has 0 saturated carbocycles. The van der Waals surface area contributed by atoms with Gasteiger partial charge >= 0.3 is 6.18 Å². The van der Waals surface area contributed by atoms with Gasteiger partial charge in [0.1, 0.15) is 5.54 Å². The SMILES string of the molecule is O=C(N1CCCC1c1ccccc1)C1(c2ccc(C(F)(F)F)cc2)CCc2ccccc2N1. The van der Waals surface area contributed by atoms with E-state index >= 15 is 0 Å². The Balaban J connectivity index is 1.57. The topological polar surface area (TPSA) is 32.3 Å². The Kier molecular flexibility index (Phi) is 5.39. The lowest BCUT2D eigenvalue weighted by molar-refractivity contribution is -0.138. The van der Waals surface area contributed by atoms with Crippen LogP contribution in [0.2, 0.25) is 0 Å². The maximum absolute atomic E-state index is 14.2. The van der Waals surface area contributed by atoms with Crippen LogP contribution in [0.1, 0.15) is 47.6 Å². The van der Waals surface area contributed by atoms with E-state index in [-0.39, 0.29) is 11.9 Å². The number of alkyl halides is 3. The monoisotopic (exact) mass is 450 g/mol. The van der Waals surface area contributed by atoms with Crippen LogP contribution in [0.15, 0.2) is 78.9 Å². The lowest BCUT2D eigenvalue weighted by Crippen LogP contribution is -2.53. The first-order chi connectivity index (χ1) is 15.9. The quantitative estimate of drug-likeness (QED) is 0.506. The number of rotatable bonds is 3. The summed E-state index contributed by atoms with van der Waals surface area (Å²) < 4.78 is 39.6. The molecule has 5 rings (SSSR count). The van der Waals surface area contributed by atoms with Crippen molar-refractivity contribution in [2.45, 2.75) is 43.4 Å². The van der Waals surface area contributed by atoms with Crippen LogP contribution >= 0.6 is 0 Å². The molecule has 2 aliphatic rings. The van der Waals surface area contributed by atoms with Gasteiger partial charge in [0.15, 0.2) is 0 Å². The average Bonchev–Trinajstić information content (AvgIpc) is 3.33. The highest BCUT2D eigenvalue weighted by molar-refractivity contribution is 5.92. The van der Waals surface area contributed by atoms with Gasteiger partial charge in [0, 0.05) is 12.2 Å².